The third-order valence-electron chi connectivity index (χ3n) is 8.92. The first-order valence-corrected chi connectivity index (χ1v) is 15.7. The number of carbonyl (C=O) groups is 3. The molecule has 0 radical (unpaired) electrons. The molecule has 0 bridgehead atoms. The number of piperazine rings is 1. The van der Waals surface area contributed by atoms with Crippen molar-refractivity contribution in [2.75, 3.05) is 33.8 Å². The van der Waals surface area contributed by atoms with Crippen LogP contribution < -0.4 is 10.1 Å². The Morgan fingerprint density at radius 3 is 2.06 bits per heavy atom. The summed E-state index contributed by atoms with van der Waals surface area (Å²) in [5.74, 6) is 0.309. The molecular weight excluding hydrogens is 594 g/mol. The third-order valence-corrected chi connectivity index (χ3v) is 8.92. The van der Waals surface area contributed by atoms with E-state index < -0.39 is 12.2 Å². The number of nitrogens with one attached hydrogen (secondary N) is 1. The molecule has 4 aromatic rings. The predicted octanol–water partition coefficient (Wildman–Crippen LogP) is 4.21. The number of fused-ring (bicyclic) bond motifs is 1. The SMILES string of the molecule is COc1ccc(CNC(=O)N2C3CN(CC(c4ccccc4)c4ccccc4)C(=O)C(Cc4ccc(O)cc4)N3C(=O)CN2C)cc1. The quantitative estimate of drug-likeness (QED) is 0.286. The lowest BCUT2D eigenvalue weighted by Gasteiger charge is -2.54. The molecule has 47 heavy (non-hydrogen) atoms. The molecule has 2 N–H and O–H groups in total. The number of rotatable bonds is 9. The predicted molar refractivity (Wildman–Crippen MR) is 177 cm³/mol. The molecule has 2 saturated heterocycles. The number of nitrogens with zero attached hydrogens (tertiary/aromatic N) is 4. The minimum atomic E-state index is -0.844. The van der Waals surface area contributed by atoms with Gasteiger partial charge in [0.25, 0.3) is 0 Å². The summed E-state index contributed by atoms with van der Waals surface area (Å²) in [5, 5.41) is 16.1. The van der Waals surface area contributed by atoms with Crippen LogP contribution in [0, 0.1) is 0 Å². The van der Waals surface area contributed by atoms with Crippen molar-refractivity contribution in [3.05, 3.63) is 131 Å². The van der Waals surface area contributed by atoms with Gasteiger partial charge < -0.3 is 25.0 Å². The number of ether oxygens (including phenoxy) is 1. The van der Waals surface area contributed by atoms with Crippen LogP contribution in [0.1, 0.15) is 28.2 Å². The van der Waals surface area contributed by atoms with E-state index in [1.165, 1.54) is 0 Å². The second kappa shape index (κ2) is 14.0. The lowest BCUT2D eigenvalue weighted by Crippen LogP contribution is -2.76. The molecule has 0 spiro atoms. The maximum Gasteiger partial charge on any atom is 0.334 e. The molecule has 2 unspecified atom stereocenters. The highest BCUT2D eigenvalue weighted by molar-refractivity contribution is 5.91. The fraction of sp³-hybridized carbons (Fsp3) is 0.270. The Bertz CT molecular complexity index is 1640. The van der Waals surface area contributed by atoms with Gasteiger partial charge in [-0.15, -0.1) is 0 Å². The number of hydrogen-bond acceptors (Lipinski definition) is 6. The fourth-order valence-electron chi connectivity index (χ4n) is 6.52. The van der Waals surface area contributed by atoms with Crippen LogP contribution in [0.2, 0.25) is 0 Å². The summed E-state index contributed by atoms with van der Waals surface area (Å²) in [4.78, 5) is 45.5. The number of carbonyl (C=O) groups excluding carboxylic acids is 3. The molecule has 0 saturated carbocycles. The van der Waals surface area contributed by atoms with Crippen molar-refractivity contribution >= 4 is 17.8 Å². The summed E-state index contributed by atoms with van der Waals surface area (Å²) in [6, 6.07) is 33.0. The highest BCUT2D eigenvalue weighted by Crippen LogP contribution is 2.32. The van der Waals surface area contributed by atoms with Crippen molar-refractivity contribution in [3.63, 3.8) is 0 Å². The zero-order chi connectivity index (χ0) is 32.9. The highest BCUT2D eigenvalue weighted by Gasteiger charge is 2.51. The summed E-state index contributed by atoms with van der Waals surface area (Å²) in [5.41, 5.74) is 3.82. The van der Waals surface area contributed by atoms with Gasteiger partial charge in [0.1, 0.15) is 23.7 Å². The minimum Gasteiger partial charge on any atom is -0.508 e. The smallest absolute Gasteiger partial charge is 0.334 e. The van der Waals surface area contributed by atoms with Gasteiger partial charge in [0.15, 0.2) is 0 Å². The van der Waals surface area contributed by atoms with Gasteiger partial charge in [-0.25, -0.2) is 14.8 Å². The fourth-order valence-corrected chi connectivity index (χ4v) is 6.52. The zero-order valence-corrected chi connectivity index (χ0v) is 26.5. The van der Waals surface area contributed by atoms with Crippen LogP contribution in [0.15, 0.2) is 109 Å². The number of phenolic OH excluding ortho intramolecular Hbond substituents is 1. The number of hydrogen-bond donors (Lipinski definition) is 2. The van der Waals surface area contributed by atoms with E-state index in [0.29, 0.717) is 6.54 Å². The van der Waals surface area contributed by atoms with E-state index in [1.54, 1.807) is 58.2 Å². The average molecular weight is 634 g/mol. The maximum atomic E-state index is 14.5. The molecular formula is C37H39N5O5. The van der Waals surface area contributed by atoms with E-state index in [9.17, 15) is 19.5 Å². The highest BCUT2D eigenvalue weighted by atomic mass is 16.5. The number of likely N-dealkylation sites (N-methyl/N-ethyl adjacent to an activating group) is 1. The van der Waals surface area contributed by atoms with Crippen LogP contribution in [-0.4, -0.2) is 88.8 Å². The van der Waals surface area contributed by atoms with Gasteiger partial charge in [-0.1, -0.05) is 84.9 Å². The van der Waals surface area contributed by atoms with Crippen molar-refractivity contribution < 1.29 is 24.2 Å². The minimum absolute atomic E-state index is 0.0531. The number of benzene rings is 4. The zero-order valence-electron chi connectivity index (χ0n) is 26.5. The second-order valence-electron chi connectivity index (χ2n) is 12.0. The molecule has 6 rings (SSSR count). The number of aromatic hydroxyl groups is 1. The van der Waals surface area contributed by atoms with E-state index in [0.717, 1.165) is 28.0 Å². The average Bonchev–Trinajstić information content (AvgIpc) is 3.09. The van der Waals surface area contributed by atoms with Gasteiger partial charge in [-0.3, -0.25) is 9.59 Å². The van der Waals surface area contributed by atoms with E-state index >= 15 is 0 Å². The van der Waals surface area contributed by atoms with Crippen LogP contribution >= 0.6 is 0 Å². The molecule has 10 heteroatoms. The van der Waals surface area contributed by atoms with Crippen molar-refractivity contribution in [1.29, 1.82) is 0 Å². The van der Waals surface area contributed by atoms with Gasteiger partial charge in [-0.2, -0.15) is 0 Å². The molecule has 2 atom stereocenters. The summed E-state index contributed by atoms with van der Waals surface area (Å²) in [6.45, 7) is 0.732. The Hall–Kier alpha value is -5.35. The van der Waals surface area contributed by atoms with Crippen molar-refractivity contribution in [2.45, 2.75) is 31.1 Å². The summed E-state index contributed by atoms with van der Waals surface area (Å²) in [6.07, 6.45) is -0.492. The van der Waals surface area contributed by atoms with E-state index in [-0.39, 0.29) is 55.6 Å². The number of phenols is 1. The van der Waals surface area contributed by atoms with Crippen LogP contribution in [0.5, 0.6) is 11.5 Å². The lowest BCUT2D eigenvalue weighted by atomic mass is 9.89. The normalized spacial score (nSPS) is 18.3. The molecule has 2 aliphatic rings. The summed E-state index contributed by atoms with van der Waals surface area (Å²) in [7, 11) is 3.32. The van der Waals surface area contributed by atoms with Crippen molar-refractivity contribution in [2.24, 2.45) is 0 Å². The number of hydrazine groups is 1. The van der Waals surface area contributed by atoms with Gasteiger partial charge >= 0.3 is 6.03 Å². The molecule has 2 heterocycles. The standard InChI is InChI=1S/C37H39N5O5/c1-39-25-35(44)41-33(21-26-13-17-30(43)18-14-26)36(45)40(23-32(28-9-5-3-6-10-28)29-11-7-4-8-12-29)24-34(41)42(39)37(46)38-22-27-15-19-31(47-2)20-16-27/h3-20,32-34,43H,21-25H2,1-2H3,(H,38,46). The summed E-state index contributed by atoms with van der Waals surface area (Å²) < 4.78 is 5.25. The molecule has 0 aromatic heterocycles. The molecule has 2 aliphatic heterocycles. The molecule has 4 aromatic carbocycles. The van der Waals surface area contributed by atoms with Crippen LogP contribution in [0.3, 0.4) is 0 Å². The Kier molecular flexibility index (Phi) is 9.40. The van der Waals surface area contributed by atoms with E-state index in [2.05, 4.69) is 29.6 Å². The van der Waals surface area contributed by atoms with Crippen molar-refractivity contribution in [1.82, 2.24) is 25.1 Å². The largest absolute Gasteiger partial charge is 0.508 e. The Morgan fingerprint density at radius 1 is 0.872 bits per heavy atom. The maximum absolute atomic E-state index is 14.5. The molecule has 0 aliphatic carbocycles. The second-order valence-corrected chi connectivity index (χ2v) is 12.0. The third kappa shape index (κ3) is 6.92. The van der Waals surface area contributed by atoms with Crippen LogP contribution in [0.25, 0.3) is 0 Å². The number of amides is 4. The first-order valence-electron chi connectivity index (χ1n) is 15.7. The van der Waals surface area contributed by atoms with E-state index in [1.807, 2.05) is 60.7 Å². The van der Waals surface area contributed by atoms with Crippen LogP contribution in [-0.2, 0) is 22.6 Å². The van der Waals surface area contributed by atoms with E-state index in [4.69, 9.17) is 4.74 Å². The summed E-state index contributed by atoms with van der Waals surface area (Å²) >= 11 is 0. The molecule has 2 fully saturated rings. The van der Waals surface area contributed by atoms with Gasteiger partial charge in [0.05, 0.1) is 20.2 Å². The topological polar surface area (TPSA) is 106 Å². The lowest BCUT2D eigenvalue weighted by molar-refractivity contribution is -0.187. The Labute approximate surface area is 274 Å². The molecule has 242 valence electrons. The Morgan fingerprint density at radius 2 is 1.47 bits per heavy atom. The van der Waals surface area contributed by atoms with Crippen molar-refractivity contribution in [3.8, 4) is 11.5 Å². The van der Waals surface area contributed by atoms with Crippen LogP contribution in [0.4, 0.5) is 4.79 Å². The Balaban J connectivity index is 1.33. The molecule has 10 nitrogen and oxygen atoms in total. The van der Waals surface area contributed by atoms with Gasteiger partial charge in [0, 0.05) is 32.5 Å². The number of urea groups is 1. The first kappa shape index (κ1) is 31.6. The first-order chi connectivity index (χ1) is 22.8. The monoisotopic (exact) mass is 633 g/mol. The van der Waals surface area contributed by atoms with Gasteiger partial charge in [-0.05, 0) is 46.5 Å². The molecule has 4 amide bonds. The number of methoxy groups -OCH3 is 1. The van der Waals surface area contributed by atoms with Gasteiger partial charge in [0.2, 0.25) is 11.8 Å².